The lowest BCUT2D eigenvalue weighted by Gasteiger charge is -2.07. The third kappa shape index (κ3) is 3.75. The number of H-pyrrole nitrogens is 1. The third-order valence-corrected chi connectivity index (χ3v) is 5.65. The van der Waals surface area contributed by atoms with Crippen LogP contribution >= 0.6 is 23.2 Å². The van der Waals surface area contributed by atoms with Gasteiger partial charge in [-0.25, -0.2) is 18.1 Å². The number of imidazole rings is 1. The Morgan fingerprint density at radius 3 is 2.38 bits per heavy atom. The number of aromatic nitrogens is 2. The minimum absolute atomic E-state index is 0.0217. The summed E-state index contributed by atoms with van der Waals surface area (Å²) >= 11 is 11.8. The van der Waals surface area contributed by atoms with Gasteiger partial charge in [0.15, 0.2) is 5.69 Å². The maximum absolute atomic E-state index is 12.4. The predicted molar refractivity (Wildman–Crippen MR) is 99.9 cm³/mol. The molecule has 0 aliphatic carbocycles. The molecule has 1 heterocycles. The Kier molecular flexibility index (Phi) is 5.04. The first-order valence-electron chi connectivity index (χ1n) is 7.42. The molecule has 0 atom stereocenters. The fourth-order valence-electron chi connectivity index (χ4n) is 2.31. The summed E-state index contributed by atoms with van der Waals surface area (Å²) in [5, 5.41) is 0.592. The smallest absolute Gasteiger partial charge is 0.285 e. The average Bonchev–Trinajstić information content (AvgIpc) is 2.97. The first-order valence-corrected chi connectivity index (χ1v) is 9.66. The molecule has 0 saturated carbocycles. The molecule has 0 spiro atoms. The lowest BCUT2D eigenvalue weighted by atomic mass is 10.2. The Labute approximate surface area is 160 Å². The van der Waals surface area contributed by atoms with E-state index < -0.39 is 15.9 Å². The molecule has 1 amide bonds. The second-order valence-electron chi connectivity index (χ2n) is 5.43. The monoisotopic (exact) mass is 409 g/mol. The van der Waals surface area contributed by atoms with Gasteiger partial charge >= 0.3 is 0 Å². The summed E-state index contributed by atoms with van der Waals surface area (Å²) in [6.45, 7) is 1.63. The number of benzene rings is 2. The third-order valence-electron chi connectivity index (χ3n) is 3.57. The number of nitrogens with one attached hydrogen (secondary N) is 2. The Hall–Kier alpha value is -2.35. The van der Waals surface area contributed by atoms with Crippen molar-refractivity contribution >= 4 is 39.1 Å². The van der Waals surface area contributed by atoms with Crippen LogP contribution < -0.4 is 4.72 Å². The quantitative estimate of drug-likeness (QED) is 0.684. The van der Waals surface area contributed by atoms with E-state index in [1.165, 1.54) is 18.2 Å². The van der Waals surface area contributed by atoms with Crippen LogP contribution in [-0.4, -0.2) is 24.3 Å². The van der Waals surface area contributed by atoms with Crippen LogP contribution in [0.2, 0.25) is 10.0 Å². The molecule has 0 saturated heterocycles. The molecule has 0 bridgehead atoms. The van der Waals surface area contributed by atoms with Crippen molar-refractivity contribution in [3.8, 4) is 11.4 Å². The summed E-state index contributed by atoms with van der Waals surface area (Å²) < 4.78 is 26.8. The second-order valence-corrected chi connectivity index (χ2v) is 7.93. The minimum atomic E-state index is -4.12. The van der Waals surface area contributed by atoms with Gasteiger partial charge in [-0.2, -0.15) is 0 Å². The number of hydrogen-bond acceptors (Lipinski definition) is 4. The molecule has 0 fully saturated rings. The van der Waals surface area contributed by atoms with Gasteiger partial charge in [0.05, 0.1) is 5.02 Å². The number of amides is 1. The molecule has 0 aliphatic heterocycles. The molecule has 26 heavy (non-hydrogen) atoms. The highest BCUT2D eigenvalue weighted by Gasteiger charge is 2.24. The molecule has 9 heteroatoms. The standard InChI is InChI=1S/C17H13Cl2N3O3S/c1-10-15(21-16(20-10)11-6-8-12(18)9-7-11)17(23)22-26(24,25)14-5-3-2-4-13(14)19/h2-9H,1H3,(H,20,21)(H,22,23). The summed E-state index contributed by atoms with van der Waals surface area (Å²) in [4.78, 5) is 19.4. The molecule has 134 valence electrons. The summed E-state index contributed by atoms with van der Waals surface area (Å²) in [6.07, 6.45) is 0. The molecule has 2 aromatic carbocycles. The molecule has 1 aromatic heterocycles. The fraction of sp³-hybridized carbons (Fsp3) is 0.0588. The van der Waals surface area contributed by atoms with E-state index in [0.717, 1.165) is 0 Å². The van der Waals surface area contributed by atoms with E-state index in [1.807, 2.05) is 4.72 Å². The highest BCUT2D eigenvalue weighted by Crippen LogP contribution is 2.22. The van der Waals surface area contributed by atoms with Crippen molar-refractivity contribution in [2.75, 3.05) is 0 Å². The number of rotatable bonds is 4. The van der Waals surface area contributed by atoms with Crippen LogP contribution in [0.15, 0.2) is 53.4 Å². The number of carbonyl (C=O) groups is 1. The average molecular weight is 410 g/mol. The topological polar surface area (TPSA) is 91.9 Å². The van der Waals surface area contributed by atoms with Gasteiger partial charge in [0.25, 0.3) is 15.9 Å². The number of aromatic amines is 1. The predicted octanol–water partition coefficient (Wildman–Crippen LogP) is 3.81. The molecule has 0 unspecified atom stereocenters. The lowest BCUT2D eigenvalue weighted by Crippen LogP contribution is -2.31. The van der Waals surface area contributed by atoms with Gasteiger partial charge in [-0.15, -0.1) is 0 Å². The van der Waals surface area contributed by atoms with E-state index in [2.05, 4.69) is 9.97 Å². The normalized spacial score (nSPS) is 11.3. The molecule has 3 aromatic rings. The van der Waals surface area contributed by atoms with E-state index in [9.17, 15) is 13.2 Å². The Bertz CT molecular complexity index is 1080. The molecule has 2 N–H and O–H groups in total. The Balaban J connectivity index is 1.89. The molecule has 6 nitrogen and oxygen atoms in total. The van der Waals surface area contributed by atoms with Crippen molar-refractivity contribution in [3.05, 3.63) is 70.0 Å². The summed E-state index contributed by atoms with van der Waals surface area (Å²) in [5.41, 5.74) is 1.12. The maximum atomic E-state index is 12.4. The lowest BCUT2D eigenvalue weighted by molar-refractivity contribution is 0.0976. The number of sulfonamides is 1. The van der Waals surface area contributed by atoms with Crippen molar-refractivity contribution < 1.29 is 13.2 Å². The second kappa shape index (κ2) is 7.11. The summed E-state index contributed by atoms with van der Waals surface area (Å²) in [7, 11) is -4.12. The SMILES string of the molecule is Cc1[nH]c(-c2ccc(Cl)cc2)nc1C(=O)NS(=O)(=O)c1ccccc1Cl. The van der Waals surface area contributed by atoms with Crippen LogP contribution in [0.1, 0.15) is 16.2 Å². The zero-order valence-electron chi connectivity index (χ0n) is 13.5. The van der Waals surface area contributed by atoms with E-state index in [1.54, 1.807) is 37.3 Å². The Morgan fingerprint density at radius 2 is 1.73 bits per heavy atom. The van der Waals surface area contributed by atoms with E-state index in [-0.39, 0.29) is 15.6 Å². The maximum Gasteiger partial charge on any atom is 0.285 e. The number of nitrogens with zero attached hydrogens (tertiary/aromatic N) is 1. The van der Waals surface area contributed by atoms with Crippen LogP contribution in [0.4, 0.5) is 0 Å². The van der Waals surface area contributed by atoms with Crippen LogP contribution in [0.3, 0.4) is 0 Å². The largest absolute Gasteiger partial charge is 0.341 e. The summed E-state index contributed by atoms with van der Waals surface area (Å²) in [6, 6.07) is 12.7. The zero-order chi connectivity index (χ0) is 18.9. The van der Waals surface area contributed by atoms with Gasteiger partial charge in [-0.05, 0) is 43.3 Å². The van der Waals surface area contributed by atoms with Crippen molar-refractivity contribution in [3.63, 3.8) is 0 Å². The molecule has 3 rings (SSSR count). The fourth-order valence-corrected chi connectivity index (χ4v) is 3.91. The van der Waals surface area contributed by atoms with Crippen LogP contribution in [0.5, 0.6) is 0 Å². The van der Waals surface area contributed by atoms with Gasteiger partial charge in [0.2, 0.25) is 0 Å². The molecule has 0 radical (unpaired) electrons. The first-order chi connectivity index (χ1) is 12.3. The van der Waals surface area contributed by atoms with Crippen LogP contribution in [0, 0.1) is 6.92 Å². The highest BCUT2D eigenvalue weighted by atomic mass is 35.5. The van der Waals surface area contributed by atoms with Gasteiger partial charge in [0.1, 0.15) is 10.7 Å². The number of halogens is 2. The van der Waals surface area contributed by atoms with Crippen molar-refractivity contribution in [1.82, 2.24) is 14.7 Å². The van der Waals surface area contributed by atoms with Crippen molar-refractivity contribution in [1.29, 1.82) is 0 Å². The van der Waals surface area contributed by atoms with Gasteiger partial charge < -0.3 is 4.98 Å². The summed E-state index contributed by atoms with van der Waals surface area (Å²) in [5.74, 6) is -0.418. The van der Waals surface area contributed by atoms with Gasteiger partial charge in [-0.3, -0.25) is 4.79 Å². The molecular weight excluding hydrogens is 397 g/mol. The van der Waals surface area contributed by atoms with Crippen molar-refractivity contribution in [2.45, 2.75) is 11.8 Å². The highest BCUT2D eigenvalue weighted by molar-refractivity contribution is 7.90. The number of aryl methyl sites for hydroxylation is 1. The number of hydrogen-bond donors (Lipinski definition) is 2. The van der Waals surface area contributed by atoms with Gasteiger partial charge in [0, 0.05) is 16.3 Å². The van der Waals surface area contributed by atoms with E-state index in [4.69, 9.17) is 23.2 Å². The molecule has 0 aliphatic rings. The first kappa shape index (κ1) is 18.4. The van der Waals surface area contributed by atoms with Crippen LogP contribution in [-0.2, 0) is 10.0 Å². The number of carbonyl (C=O) groups excluding carboxylic acids is 1. The van der Waals surface area contributed by atoms with Crippen molar-refractivity contribution in [2.24, 2.45) is 0 Å². The van der Waals surface area contributed by atoms with E-state index >= 15 is 0 Å². The van der Waals surface area contributed by atoms with E-state index in [0.29, 0.717) is 22.1 Å². The zero-order valence-corrected chi connectivity index (χ0v) is 15.8. The Morgan fingerprint density at radius 1 is 1.08 bits per heavy atom. The van der Waals surface area contributed by atoms with Gasteiger partial charge in [-0.1, -0.05) is 35.3 Å². The minimum Gasteiger partial charge on any atom is -0.341 e. The molecular formula is C17H13Cl2N3O3S. The van der Waals surface area contributed by atoms with Crippen LogP contribution in [0.25, 0.3) is 11.4 Å².